The molecule has 14 nitrogen and oxygen atoms in total. The maximum absolute atomic E-state index is 13.3. The largest absolute Gasteiger partial charge is 0.394 e. The Kier molecular flexibility index (Phi) is 47.9. The molecular formula is C66H123NO13. The third kappa shape index (κ3) is 36.1. The first-order valence-corrected chi connectivity index (χ1v) is 33.2. The van der Waals surface area contributed by atoms with Gasteiger partial charge in [-0.15, -0.1) is 0 Å². The summed E-state index contributed by atoms with van der Waals surface area (Å²) in [6, 6.07) is -0.936. The maximum Gasteiger partial charge on any atom is 0.220 e. The van der Waals surface area contributed by atoms with Gasteiger partial charge in [0.2, 0.25) is 5.91 Å². The summed E-state index contributed by atoms with van der Waals surface area (Å²) in [4.78, 5) is 13.3. The van der Waals surface area contributed by atoms with Crippen molar-refractivity contribution in [3.05, 3.63) is 36.5 Å². The van der Waals surface area contributed by atoms with Gasteiger partial charge < -0.3 is 65.1 Å². The maximum atomic E-state index is 13.3. The topological polar surface area (TPSA) is 228 Å². The number of nitrogens with one attached hydrogen (secondary N) is 1. The van der Waals surface area contributed by atoms with Crippen molar-refractivity contribution < 1.29 is 64.6 Å². The quantitative estimate of drug-likeness (QED) is 0.0204. The molecule has 2 rings (SSSR count). The van der Waals surface area contributed by atoms with Gasteiger partial charge in [-0.1, -0.05) is 269 Å². The molecule has 0 aromatic carbocycles. The predicted molar refractivity (Wildman–Crippen MR) is 323 cm³/mol. The second kappa shape index (κ2) is 51.6. The molecule has 0 saturated carbocycles. The van der Waals surface area contributed by atoms with Crippen LogP contribution >= 0.6 is 0 Å². The number of hydrogen-bond acceptors (Lipinski definition) is 13. The zero-order valence-corrected chi connectivity index (χ0v) is 50.8. The number of carbonyl (C=O) groups excluding carboxylic acids is 1. The van der Waals surface area contributed by atoms with E-state index in [9.17, 15) is 45.6 Å². The number of hydrogen-bond donors (Lipinski definition) is 9. The van der Waals surface area contributed by atoms with E-state index in [0.717, 1.165) is 44.9 Å². The van der Waals surface area contributed by atoms with Gasteiger partial charge in [0.05, 0.1) is 32.0 Å². The normalized spacial score (nSPS) is 24.4. The molecule has 0 aromatic heterocycles. The number of aliphatic hydroxyl groups excluding tert-OH is 8. The Balaban J connectivity index is 1.73. The summed E-state index contributed by atoms with van der Waals surface area (Å²) in [6.45, 7) is 2.81. The highest BCUT2D eigenvalue weighted by molar-refractivity contribution is 5.76. The Hall–Kier alpha value is -1.79. The summed E-state index contributed by atoms with van der Waals surface area (Å²) >= 11 is 0. The molecule has 0 spiro atoms. The molecule has 2 aliphatic heterocycles. The molecule has 80 heavy (non-hydrogen) atoms. The van der Waals surface area contributed by atoms with Crippen LogP contribution in [-0.2, 0) is 23.7 Å². The summed E-state index contributed by atoms with van der Waals surface area (Å²) in [5, 5.41) is 87.2. The molecule has 2 heterocycles. The van der Waals surface area contributed by atoms with E-state index >= 15 is 0 Å². The highest BCUT2D eigenvalue weighted by atomic mass is 16.7. The van der Waals surface area contributed by atoms with Crippen LogP contribution in [0, 0.1) is 0 Å². The zero-order chi connectivity index (χ0) is 58.1. The van der Waals surface area contributed by atoms with Gasteiger partial charge in [0.15, 0.2) is 12.6 Å². The lowest BCUT2D eigenvalue weighted by atomic mass is 9.97. The van der Waals surface area contributed by atoms with Gasteiger partial charge in [0.1, 0.15) is 48.8 Å². The van der Waals surface area contributed by atoms with Gasteiger partial charge in [-0.3, -0.25) is 4.79 Å². The Morgan fingerprint density at radius 3 is 1.23 bits per heavy atom. The molecule has 0 bridgehead atoms. The van der Waals surface area contributed by atoms with E-state index in [2.05, 4.69) is 43.5 Å². The first-order valence-electron chi connectivity index (χ1n) is 33.2. The average Bonchev–Trinajstić information content (AvgIpc) is 3.46. The van der Waals surface area contributed by atoms with E-state index < -0.39 is 86.8 Å². The minimum absolute atomic E-state index is 0.249. The van der Waals surface area contributed by atoms with Crippen LogP contribution in [0.2, 0.25) is 0 Å². The van der Waals surface area contributed by atoms with E-state index in [1.165, 1.54) is 205 Å². The second-order valence-corrected chi connectivity index (χ2v) is 23.6. The molecule has 470 valence electrons. The minimum atomic E-state index is -1.79. The number of carbonyl (C=O) groups is 1. The second-order valence-electron chi connectivity index (χ2n) is 23.6. The van der Waals surface area contributed by atoms with Crippen LogP contribution in [0.5, 0.6) is 0 Å². The summed E-state index contributed by atoms with van der Waals surface area (Å²) in [7, 11) is 0. The number of amides is 1. The van der Waals surface area contributed by atoms with Gasteiger partial charge in [-0.2, -0.15) is 0 Å². The molecule has 0 radical (unpaired) electrons. The van der Waals surface area contributed by atoms with Crippen LogP contribution in [-0.4, -0.2) is 140 Å². The van der Waals surface area contributed by atoms with Crippen LogP contribution in [0.1, 0.15) is 284 Å². The van der Waals surface area contributed by atoms with E-state index in [1.54, 1.807) is 6.08 Å². The van der Waals surface area contributed by atoms with Crippen LogP contribution in [0.4, 0.5) is 0 Å². The van der Waals surface area contributed by atoms with Gasteiger partial charge in [-0.05, 0) is 44.9 Å². The number of aliphatic hydroxyl groups is 8. The highest BCUT2D eigenvalue weighted by Crippen LogP contribution is 2.30. The van der Waals surface area contributed by atoms with Crippen molar-refractivity contribution in [2.45, 2.75) is 357 Å². The third-order valence-corrected chi connectivity index (χ3v) is 16.3. The Labute approximate surface area is 487 Å². The van der Waals surface area contributed by atoms with Crippen LogP contribution in [0.25, 0.3) is 0 Å². The molecule has 2 aliphatic rings. The standard InChI is InChI=1S/C66H123NO13/c1-3-5-7-9-11-13-15-17-19-21-23-24-25-26-27-28-29-30-31-32-33-35-37-39-41-43-45-47-49-55(70)54(67-58(71)50-48-46-44-42-40-38-36-34-22-20-18-16-14-12-10-8-6-4-2)53-77-65-63(76)61(74)64(57(52-69)79-65)80-66-62(75)60(73)59(72)56(51-68)78-66/h32-33,39,41,47,49,54-57,59-66,68-70,72-76H,3-31,34-38,40,42-46,48,50-53H2,1-2H3,(H,67,71)/b33-32+,41-39+,49-47+. The molecule has 12 atom stereocenters. The van der Waals surface area contributed by atoms with Gasteiger partial charge >= 0.3 is 0 Å². The molecular weight excluding hydrogens is 1010 g/mol. The number of ether oxygens (including phenoxy) is 4. The summed E-state index contributed by atoms with van der Waals surface area (Å²) < 4.78 is 22.8. The molecule has 14 heteroatoms. The van der Waals surface area contributed by atoms with Crippen molar-refractivity contribution in [3.63, 3.8) is 0 Å². The zero-order valence-electron chi connectivity index (χ0n) is 50.8. The number of allylic oxidation sites excluding steroid dienone is 5. The van der Waals surface area contributed by atoms with Gasteiger partial charge in [-0.25, -0.2) is 0 Å². The molecule has 2 saturated heterocycles. The first kappa shape index (κ1) is 74.3. The van der Waals surface area contributed by atoms with Crippen LogP contribution in [0.15, 0.2) is 36.5 Å². The van der Waals surface area contributed by atoms with Crippen LogP contribution in [0.3, 0.4) is 0 Å². The smallest absolute Gasteiger partial charge is 0.220 e. The number of rotatable bonds is 54. The van der Waals surface area contributed by atoms with Crippen molar-refractivity contribution in [2.24, 2.45) is 0 Å². The lowest BCUT2D eigenvalue weighted by molar-refractivity contribution is -0.359. The van der Waals surface area contributed by atoms with Gasteiger partial charge in [0.25, 0.3) is 0 Å². The molecule has 0 aromatic rings. The monoisotopic (exact) mass is 1140 g/mol. The fraction of sp³-hybridized carbons (Fsp3) is 0.894. The SMILES string of the molecule is CCCCCCCCCCCCCCCCCCCC/C=C/CC/C=C/CC/C=C/C(O)C(COC1OC(CO)C(OC2OC(CO)C(O)C(O)C2O)C(O)C1O)NC(=O)CCCCCCCCCCCCCCCCCCCC. The lowest BCUT2D eigenvalue weighted by Crippen LogP contribution is -2.65. The molecule has 1 amide bonds. The summed E-state index contributed by atoms with van der Waals surface area (Å²) in [6.07, 6.45) is 47.7. The summed E-state index contributed by atoms with van der Waals surface area (Å²) in [5.41, 5.74) is 0. The third-order valence-electron chi connectivity index (χ3n) is 16.3. The molecule has 2 fully saturated rings. The molecule has 9 N–H and O–H groups in total. The Bertz CT molecular complexity index is 1480. The minimum Gasteiger partial charge on any atom is -0.394 e. The Morgan fingerprint density at radius 1 is 0.438 bits per heavy atom. The molecule has 12 unspecified atom stereocenters. The van der Waals surface area contributed by atoms with Crippen molar-refractivity contribution in [1.29, 1.82) is 0 Å². The Morgan fingerprint density at radius 2 is 0.800 bits per heavy atom. The summed E-state index contributed by atoms with van der Waals surface area (Å²) in [5.74, 6) is -0.249. The predicted octanol–water partition coefficient (Wildman–Crippen LogP) is 12.6. The van der Waals surface area contributed by atoms with E-state index in [1.807, 2.05) is 6.08 Å². The fourth-order valence-corrected chi connectivity index (χ4v) is 11.0. The average molecular weight is 1140 g/mol. The van der Waals surface area contributed by atoms with E-state index in [0.29, 0.717) is 12.8 Å². The number of unbranched alkanes of at least 4 members (excludes halogenated alkanes) is 37. The van der Waals surface area contributed by atoms with E-state index in [4.69, 9.17) is 18.9 Å². The first-order chi connectivity index (χ1) is 39.1. The highest BCUT2D eigenvalue weighted by Gasteiger charge is 2.51. The molecule has 0 aliphatic carbocycles. The fourth-order valence-electron chi connectivity index (χ4n) is 11.0. The van der Waals surface area contributed by atoms with Crippen molar-refractivity contribution in [3.8, 4) is 0 Å². The van der Waals surface area contributed by atoms with Gasteiger partial charge in [0, 0.05) is 6.42 Å². The van der Waals surface area contributed by atoms with Crippen molar-refractivity contribution in [2.75, 3.05) is 19.8 Å². The van der Waals surface area contributed by atoms with Crippen molar-refractivity contribution >= 4 is 5.91 Å². The van der Waals surface area contributed by atoms with Crippen LogP contribution < -0.4 is 5.32 Å². The van der Waals surface area contributed by atoms with Crippen molar-refractivity contribution in [1.82, 2.24) is 5.32 Å². The van der Waals surface area contributed by atoms with E-state index in [-0.39, 0.29) is 18.9 Å². The lowest BCUT2D eigenvalue weighted by Gasteiger charge is -2.46.